The van der Waals surface area contributed by atoms with Crippen molar-refractivity contribution in [3.63, 3.8) is 0 Å². The van der Waals surface area contributed by atoms with Crippen molar-refractivity contribution in [3.05, 3.63) is 35.6 Å². The molecule has 0 spiro atoms. The molecular weight excluding hydrogens is 235 g/mol. The normalized spacial score (nSPS) is 21.5. The number of hydrogen-bond acceptors (Lipinski definition) is 3. The zero-order valence-electron chi connectivity index (χ0n) is 10.3. The lowest BCUT2D eigenvalue weighted by molar-refractivity contribution is -0.137. The predicted octanol–water partition coefficient (Wildman–Crippen LogP) is 1.23. The van der Waals surface area contributed by atoms with Gasteiger partial charge < -0.3 is 0 Å². The van der Waals surface area contributed by atoms with Gasteiger partial charge in [-0.3, -0.25) is 19.8 Å². The van der Waals surface area contributed by atoms with E-state index in [1.54, 1.807) is 12.1 Å². The van der Waals surface area contributed by atoms with Gasteiger partial charge >= 0.3 is 0 Å². The Hall–Kier alpha value is -1.75. The van der Waals surface area contributed by atoms with Crippen molar-refractivity contribution >= 4 is 11.8 Å². The van der Waals surface area contributed by atoms with E-state index in [-0.39, 0.29) is 30.1 Å². The number of halogens is 1. The summed E-state index contributed by atoms with van der Waals surface area (Å²) in [6.07, 6.45) is 0.162. The highest BCUT2D eigenvalue weighted by Gasteiger charge is 2.36. The first-order chi connectivity index (χ1) is 8.49. The number of nitrogens with one attached hydrogen (secondary N) is 1. The van der Waals surface area contributed by atoms with Crippen LogP contribution in [0, 0.1) is 5.82 Å². The molecule has 96 valence electrons. The molecule has 1 N–H and O–H groups in total. The van der Waals surface area contributed by atoms with E-state index in [9.17, 15) is 14.0 Å². The zero-order chi connectivity index (χ0) is 13.3. The summed E-state index contributed by atoms with van der Waals surface area (Å²) in [6, 6.07) is 5.49. The Labute approximate surface area is 105 Å². The Kier molecular flexibility index (Phi) is 3.43. The highest BCUT2D eigenvalue weighted by atomic mass is 19.1. The third kappa shape index (κ3) is 2.41. The molecule has 1 aromatic carbocycles. The van der Waals surface area contributed by atoms with E-state index in [4.69, 9.17) is 0 Å². The maximum Gasteiger partial charge on any atom is 0.246 e. The second kappa shape index (κ2) is 4.86. The van der Waals surface area contributed by atoms with Gasteiger partial charge in [-0.1, -0.05) is 12.1 Å². The number of likely N-dealkylation sites (tertiary alicyclic amines) is 1. The fraction of sp³-hybridized carbons (Fsp3) is 0.385. The highest BCUT2D eigenvalue weighted by molar-refractivity contribution is 6.05. The Morgan fingerprint density at radius 3 is 2.72 bits per heavy atom. The summed E-state index contributed by atoms with van der Waals surface area (Å²) >= 11 is 0. The van der Waals surface area contributed by atoms with E-state index in [0.717, 1.165) is 10.5 Å². The second-order valence-electron chi connectivity index (χ2n) is 4.49. The van der Waals surface area contributed by atoms with Crippen LogP contribution < -0.4 is 5.32 Å². The van der Waals surface area contributed by atoms with Crippen LogP contribution >= 0.6 is 0 Å². The second-order valence-corrected chi connectivity index (χ2v) is 4.49. The minimum absolute atomic E-state index is 0.162. The van der Waals surface area contributed by atoms with E-state index in [2.05, 4.69) is 5.32 Å². The van der Waals surface area contributed by atoms with Crippen molar-refractivity contribution in [2.24, 2.45) is 0 Å². The van der Waals surface area contributed by atoms with E-state index < -0.39 is 6.04 Å². The molecule has 0 bridgehead atoms. The topological polar surface area (TPSA) is 49.4 Å². The third-order valence-corrected chi connectivity index (χ3v) is 3.18. The minimum Gasteiger partial charge on any atom is -0.299 e. The van der Waals surface area contributed by atoms with Crippen LogP contribution in [0.15, 0.2) is 24.3 Å². The fourth-order valence-electron chi connectivity index (χ4n) is 2.06. The average molecular weight is 250 g/mol. The van der Waals surface area contributed by atoms with Crippen LogP contribution in [0.3, 0.4) is 0 Å². The number of carbonyl (C=O) groups excluding carboxylic acids is 2. The minimum atomic E-state index is -0.513. The van der Waals surface area contributed by atoms with Gasteiger partial charge in [-0.15, -0.1) is 0 Å². The van der Waals surface area contributed by atoms with Crippen molar-refractivity contribution in [1.82, 2.24) is 10.2 Å². The smallest absolute Gasteiger partial charge is 0.246 e. The van der Waals surface area contributed by atoms with Gasteiger partial charge in [0, 0.05) is 13.1 Å². The van der Waals surface area contributed by atoms with Gasteiger partial charge in [0.15, 0.2) is 0 Å². The highest BCUT2D eigenvalue weighted by Crippen LogP contribution is 2.18. The third-order valence-electron chi connectivity index (χ3n) is 3.18. The summed E-state index contributed by atoms with van der Waals surface area (Å²) in [5.74, 6) is -0.737. The van der Waals surface area contributed by atoms with Gasteiger partial charge in [-0.05, 0) is 24.6 Å². The number of nitrogens with zero attached hydrogens (tertiary/aromatic N) is 1. The lowest BCUT2D eigenvalue weighted by Crippen LogP contribution is -2.38. The molecule has 1 fully saturated rings. The number of amides is 2. The maximum atomic E-state index is 13.1. The molecule has 2 amide bonds. The number of likely N-dealkylation sites (N-methyl/N-ethyl adjacent to an activating group) is 1. The van der Waals surface area contributed by atoms with Gasteiger partial charge in [0.2, 0.25) is 11.8 Å². The number of benzene rings is 1. The van der Waals surface area contributed by atoms with Crippen LogP contribution in [0.25, 0.3) is 0 Å². The number of hydrogen-bond donors (Lipinski definition) is 1. The molecule has 5 heteroatoms. The molecule has 1 aliphatic heterocycles. The Morgan fingerprint density at radius 2 is 2.17 bits per heavy atom. The van der Waals surface area contributed by atoms with Gasteiger partial charge in [-0.25, -0.2) is 4.39 Å². The van der Waals surface area contributed by atoms with Crippen molar-refractivity contribution < 1.29 is 14.0 Å². The molecule has 0 saturated carbocycles. The lowest BCUT2D eigenvalue weighted by atomic mass is 10.1. The summed E-state index contributed by atoms with van der Waals surface area (Å²) in [6.45, 7) is 1.84. The quantitative estimate of drug-likeness (QED) is 0.821. The SMILES string of the molecule is C[C@H](NC1CC(=O)N(C)C1=O)c1cccc(F)c1. The van der Waals surface area contributed by atoms with Crippen molar-refractivity contribution in [2.45, 2.75) is 25.4 Å². The molecule has 4 nitrogen and oxygen atoms in total. The molecular formula is C13H15FN2O2. The largest absolute Gasteiger partial charge is 0.299 e. The monoisotopic (exact) mass is 250 g/mol. The van der Waals surface area contributed by atoms with E-state index in [1.165, 1.54) is 19.2 Å². The van der Waals surface area contributed by atoms with Crippen LogP contribution in [-0.2, 0) is 9.59 Å². The van der Waals surface area contributed by atoms with E-state index in [1.807, 2.05) is 6.92 Å². The molecule has 0 aliphatic carbocycles. The van der Waals surface area contributed by atoms with Gasteiger partial charge in [-0.2, -0.15) is 0 Å². The molecule has 1 heterocycles. The summed E-state index contributed by atoms with van der Waals surface area (Å²) in [5.41, 5.74) is 0.754. The molecule has 1 aromatic rings. The van der Waals surface area contributed by atoms with Crippen molar-refractivity contribution in [2.75, 3.05) is 7.05 Å². The van der Waals surface area contributed by atoms with Gasteiger partial charge in [0.05, 0.1) is 12.5 Å². The molecule has 2 rings (SSSR count). The first kappa shape index (κ1) is 12.7. The van der Waals surface area contributed by atoms with Crippen LogP contribution in [0.5, 0.6) is 0 Å². The standard InChI is InChI=1S/C13H15FN2O2/c1-8(9-4-3-5-10(14)6-9)15-11-7-12(17)16(2)13(11)18/h3-6,8,11,15H,7H2,1-2H3/t8-,11?/m0/s1. The summed E-state index contributed by atoms with van der Waals surface area (Å²) in [4.78, 5) is 24.2. The lowest BCUT2D eigenvalue weighted by Gasteiger charge is -2.18. The van der Waals surface area contributed by atoms with Crippen LogP contribution in [0.4, 0.5) is 4.39 Å². The zero-order valence-corrected chi connectivity index (χ0v) is 10.3. The summed E-state index contributed by atoms with van der Waals surface area (Å²) < 4.78 is 13.1. The summed E-state index contributed by atoms with van der Waals surface area (Å²) in [7, 11) is 1.47. The van der Waals surface area contributed by atoms with Crippen LogP contribution in [0.1, 0.15) is 24.9 Å². The molecule has 2 atom stereocenters. The number of carbonyl (C=O) groups is 2. The molecule has 18 heavy (non-hydrogen) atoms. The number of rotatable bonds is 3. The fourth-order valence-corrected chi connectivity index (χ4v) is 2.06. The molecule has 0 aromatic heterocycles. The average Bonchev–Trinajstić information content (AvgIpc) is 2.57. The van der Waals surface area contributed by atoms with Crippen molar-refractivity contribution in [3.8, 4) is 0 Å². The maximum absolute atomic E-state index is 13.1. The molecule has 1 saturated heterocycles. The van der Waals surface area contributed by atoms with Gasteiger partial charge in [0.1, 0.15) is 5.82 Å². The van der Waals surface area contributed by atoms with Crippen LogP contribution in [0.2, 0.25) is 0 Å². The predicted molar refractivity (Wildman–Crippen MR) is 64.1 cm³/mol. The first-order valence-corrected chi connectivity index (χ1v) is 5.81. The Balaban J connectivity index is 2.06. The first-order valence-electron chi connectivity index (χ1n) is 5.81. The van der Waals surface area contributed by atoms with Gasteiger partial charge in [0.25, 0.3) is 0 Å². The molecule has 1 unspecified atom stereocenters. The molecule has 0 radical (unpaired) electrons. The van der Waals surface area contributed by atoms with Crippen molar-refractivity contribution in [1.29, 1.82) is 0 Å². The van der Waals surface area contributed by atoms with Crippen LogP contribution in [-0.4, -0.2) is 29.8 Å². The Bertz CT molecular complexity index is 490. The van der Waals surface area contributed by atoms with E-state index in [0.29, 0.717) is 0 Å². The Morgan fingerprint density at radius 1 is 1.44 bits per heavy atom. The molecule has 1 aliphatic rings. The van der Waals surface area contributed by atoms with E-state index >= 15 is 0 Å². The summed E-state index contributed by atoms with van der Waals surface area (Å²) in [5, 5.41) is 3.05. The number of imide groups is 1.